The van der Waals surface area contributed by atoms with Gasteiger partial charge in [-0.1, -0.05) is 15.9 Å². The van der Waals surface area contributed by atoms with E-state index in [-0.39, 0.29) is 18.1 Å². The quantitative estimate of drug-likeness (QED) is 0.577. The number of nitrogens with zero attached hydrogens (tertiary/aromatic N) is 4. The molecule has 0 radical (unpaired) electrons. The lowest BCUT2D eigenvalue weighted by Crippen LogP contribution is -2.49. The minimum Gasteiger partial charge on any atom is -0.472 e. The molecule has 3 aromatic heterocycles. The molecule has 0 aromatic carbocycles. The minimum absolute atomic E-state index is 0.00768. The molecule has 4 rings (SSSR count). The van der Waals surface area contributed by atoms with Crippen LogP contribution in [-0.2, 0) is 0 Å². The van der Waals surface area contributed by atoms with E-state index in [1.165, 1.54) is 11.3 Å². The Kier molecular flexibility index (Phi) is 5.68. The molecule has 0 aliphatic carbocycles. The zero-order valence-electron chi connectivity index (χ0n) is 15.3. The maximum absolute atomic E-state index is 13.3. The molecule has 2 unspecified atom stereocenters. The molecule has 6 nitrogen and oxygen atoms in total. The van der Waals surface area contributed by atoms with Crippen molar-refractivity contribution < 1.29 is 9.53 Å². The van der Waals surface area contributed by atoms with Crippen LogP contribution in [0.2, 0.25) is 0 Å². The van der Waals surface area contributed by atoms with Crippen LogP contribution >= 0.6 is 27.3 Å². The van der Waals surface area contributed by atoms with Crippen molar-refractivity contribution in [3.8, 4) is 16.6 Å². The van der Waals surface area contributed by atoms with E-state index in [9.17, 15) is 4.79 Å². The summed E-state index contributed by atoms with van der Waals surface area (Å²) in [4.78, 5) is 28.9. The van der Waals surface area contributed by atoms with Gasteiger partial charge in [0.1, 0.15) is 6.10 Å². The normalized spacial score (nSPS) is 19.4. The van der Waals surface area contributed by atoms with Gasteiger partial charge >= 0.3 is 0 Å². The van der Waals surface area contributed by atoms with E-state index in [2.05, 4.69) is 37.8 Å². The van der Waals surface area contributed by atoms with Gasteiger partial charge < -0.3 is 9.64 Å². The summed E-state index contributed by atoms with van der Waals surface area (Å²) >= 11 is 4.91. The van der Waals surface area contributed by atoms with Crippen molar-refractivity contribution in [3.63, 3.8) is 0 Å². The van der Waals surface area contributed by atoms with E-state index >= 15 is 0 Å². The first-order valence-electron chi connectivity index (χ1n) is 9.06. The van der Waals surface area contributed by atoms with E-state index in [1.54, 1.807) is 24.7 Å². The molecule has 2 atom stereocenters. The summed E-state index contributed by atoms with van der Waals surface area (Å²) in [6.45, 7) is 2.61. The van der Waals surface area contributed by atoms with Crippen LogP contribution in [-0.4, -0.2) is 44.4 Å². The van der Waals surface area contributed by atoms with Crippen molar-refractivity contribution in [3.05, 3.63) is 58.3 Å². The maximum Gasteiger partial charge on any atom is 0.255 e. The van der Waals surface area contributed by atoms with Gasteiger partial charge in [0.25, 0.3) is 5.91 Å². The highest BCUT2D eigenvalue weighted by atomic mass is 79.9. The number of likely N-dealkylation sites (tertiary alicyclic amines) is 1. The highest BCUT2D eigenvalue weighted by Crippen LogP contribution is 2.30. The molecule has 0 saturated carbocycles. The monoisotopic (exact) mass is 458 g/mol. The Hall–Kier alpha value is -2.32. The fraction of sp³-hybridized carbons (Fsp3) is 0.300. The van der Waals surface area contributed by atoms with Crippen molar-refractivity contribution >= 4 is 33.2 Å². The van der Waals surface area contributed by atoms with Gasteiger partial charge in [-0.3, -0.25) is 4.79 Å². The molecular weight excluding hydrogens is 440 g/mol. The van der Waals surface area contributed by atoms with Crippen molar-refractivity contribution in [1.82, 2.24) is 19.9 Å². The molecule has 8 heteroatoms. The fourth-order valence-electron chi connectivity index (χ4n) is 3.30. The molecule has 3 aromatic rings. The number of hydrogen-bond donors (Lipinski definition) is 0. The van der Waals surface area contributed by atoms with Crippen molar-refractivity contribution in [2.24, 2.45) is 0 Å². The summed E-state index contributed by atoms with van der Waals surface area (Å²) in [5.41, 5.74) is 0.643. The summed E-state index contributed by atoms with van der Waals surface area (Å²) in [6, 6.07) is 7.46. The van der Waals surface area contributed by atoms with Gasteiger partial charge in [0.05, 0.1) is 17.0 Å². The number of carbonyl (C=O) groups excluding carboxylic acids is 1. The smallest absolute Gasteiger partial charge is 0.255 e. The molecule has 1 aliphatic heterocycles. The van der Waals surface area contributed by atoms with Gasteiger partial charge in [-0.15, -0.1) is 11.3 Å². The van der Waals surface area contributed by atoms with E-state index in [4.69, 9.17) is 4.74 Å². The number of hydrogen-bond acceptors (Lipinski definition) is 6. The van der Waals surface area contributed by atoms with Crippen LogP contribution < -0.4 is 4.74 Å². The van der Waals surface area contributed by atoms with Gasteiger partial charge in [0.15, 0.2) is 5.82 Å². The third-order valence-electron chi connectivity index (χ3n) is 4.75. The van der Waals surface area contributed by atoms with Crippen molar-refractivity contribution in [2.45, 2.75) is 31.9 Å². The second-order valence-corrected chi connectivity index (χ2v) is 8.50. The third kappa shape index (κ3) is 4.07. The van der Waals surface area contributed by atoms with Gasteiger partial charge in [-0.25, -0.2) is 15.0 Å². The van der Waals surface area contributed by atoms with Gasteiger partial charge in [0, 0.05) is 35.2 Å². The number of halogens is 1. The first-order chi connectivity index (χ1) is 13.6. The zero-order valence-corrected chi connectivity index (χ0v) is 17.7. The summed E-state index contributed by atoms with van der Waals surface area (Å²) in [7, 11) is 0. The van der Waals surface area contributed by atoms with Crippen molar-refractivity contribution in [2.75, 3.05) is 6.54 Å². The molecule has 1 saturated heterocycles. The van der Waals surface area contributed by atoms with Gasteiger partial charge in [0.2, 0.25) is 5.88 Å². The lowest BCUT2D eigenvalue weighted by Gasteiger charge is -2.37. The molecule has 144 valence electrons. The van der Waals surface area contributed by atoms with Crippen LogP contribution in [0.4, 0.5) is 0 Å². The Morgan fingerprint density at radius 3 is 2.82 bits per heavy atom. The molecule has 0 bridgehead atoms. The number of amides is 1. The van der Waals surface area contributed by atoms with E-state index in [1.807, 2.05) is 28.5 Å². The second-order valence-electron chi connectivity index (χ2n) is 6.67. The molecular formula is C20H19BrN4O2S. The molecule has 28 heavy (non-hydrogen) atoms. The van der Waals surface area contributed by atoms with E-state index in [0.717, 1.165) is 22.2 Å². The number of carbonyl (C=O) groups is 1. The van der Waals surface area contributed by atoms with Crippen molar-refractivity contribution in [1.29, 1.82) is 0 Å². The topological polar surface area (TPSA) is 68.2 Å². The van der Waals surface area contributed by atoms with E-state index < -0.39 is 0 Å². The van der Waals surface area contributed by atoms with Crippen LogP contribution in [0.5, 0.6) is 5.88 Å². The van der Waals surface area contributed by atoms with Gasteiger partial charge in [-0.2, -0.15) is 0 Å². The largest absolute Gasteiger partial charge is 0.472 e. The highest BCUT2D eigenvalue weighted by molar-refractivity contribution is 9.10. The lowest BCUT2D eigenvalue weighted by atomic mass is 10.00. The Morgan fingerprint density at radius 1 is 1.21 bits per heavy atom. The Labute approximate surface area is 175 Å². The minimum atomic E-state index is -0.0861. The fourth-order valence-corrected chi connectivity index (χ4v) is 4.44. The first kappa shape index (κ1) is 19.0. The summed E-state index contributed by atoms with van der Waals surface area (Å²) in [6.07, 6.45) is 6.76. The molecule has 4 heterocycles. The predicted octanol–water partition coefficient (Wildman–Crippen LogP) is 4.43. The number of pyridine rings is 1. The number of piperidine rings is 1. The predicted molar refractivity (Wildman–Crippen MR) is 111 cm³/mol. The van der Waals surface area contributed by atoms with Crippen LogP contribution in [0.25, 0.3) is 10.7 Å². The lowest BCUT2D eigenvalue weighted by molar-refractivity contribution is 0.0373. The summed E-state index contributed by atoms with van der Waals surface area (Å²) in [5, 5.41) is 1.91. The first-order valence-corrected chi connectivity index (χ1v) is 10.7. The summed E-state index contributed by atoms with van der Waals surface area (Å²) < 4.78 is 6.96. The Balaban J connectivity index is 1.53. The molecule has 0 N–H and O–H groups in total. The molecule has 1 fully saturated rings. The van der Waals surface area contributed by atoms with Crippen LogP contribution in [0.3, 0.4) is 0 Å². The Bertz CT molecular complexity index is 966. The highest BCUT2D eigenvalue weighted by Gasteiger charge is 2.32. The average Bonchev–Trinajstić information content (AvgIpc) is 3.19. The van der Waals surface area contributed by atoms with E-state index in [0.29, 0.717) is 23.8 Å². The zero-order chi connectivity index (χ0) is 19.5. The van der Waals surface area contributed by atoms with Gasteiger partial charge in [-0.05, 0) is 43.3 Å². The van der Waals surface area contributed by atoms with Crippen LogP contribution in [0, 0.1) is 0 Å². The summed E-state index contributed by atoms with van der Waals surface area (Å²) in [5.74, 6) is 1.14. The Morgan fingerprint density at radius 2 is 2.04 bits per heavy atom. The van der Waals surface area contributed by atoms with Crippen LogP contribution in [0.15, 0.2) is 52.7 Å². The number of thiophene rings is 1. The second kappa shape index (κ2) is 8.36. The molecule has 1 aliphatic rings. The van der Waals surface area contributed by atoms with Crippen LogP contribution in [0.1, 0.15) is 30.1 Å². The average molecular weight is 459 g/mol. The number of aromatic nitrogens is 3. The third-order valence-corrected chi connectivity index (χ3v) is 6.15. The number of ether oxygens (including phenoxy) is 1. The maximum atomic E-state index is 13.3. The number of rotatable bonds is 4. The molecule has 0 spiro atoms. The SMILES string of the molecule is CC1CCC(Oc2cc(Br)ccn2)CN1C(=O)c1ccsc1-c1ncccn1. The standard InChI is InChI=1S/C20H19BrN4O2S/c1-13-3-4-15(27-17-11-14(21)5-9-22-17)12-25(13)20(26)16-6-10-28-18(16)19-23-7-2-8-24-19/h2,5-11,13,15H,3-4,12H2,1H3. The molecule has 1 amide bonds.